The molecular formula is C16H20ClIN6O2. The number of rotatable bonds is 3. The second-order valence-electron chi connectivity index (χ2n) is 5.83. The molecule has 0 saturated carbocycles. The van der Waals surface area contributed by atoms with E-state index in [1.807, 2.05) is 19.1 Å². The van der Waals surface area contributed by atoms with Gasteiger partial charge in [-0.2, -0.15) is 4.98 Å². The zero-order valence-electron chi connectivity index (χ0n) is 14.1. The predicted molar refractivity (Wildman–Crippen MR) is 114 cm³/mol. The van der Waals surface area contributed by atoms with Gasteiger partial charge in [-0.3, -0.25) is 0 Å². The number of carboxylic acid groups (broad SMARTS) is 1. The minimum atomic E-state index is -0.920. The smallest absolute Gasteiger partial charge is 0.335 e. The zero-order valence-corrected chi connectivity index (χ0v) is 17.1. The van der Waals surface area contributed by atoms with Crippen LogP contribution in [0.1, 0.15) is 16.1 Å². The van der Waals surface area contributed by atoms with Crippen LogP contribution in [0.25, 0.3) is 0 Å². The highest BCUT2D eigenvalue weighted by Crippen LogP contribution is 2.31. The molecule has 10 heteroatoms. The normalized spacial score (nSPS) is 16.9. The number of benzene rings is 1. The van der Waals surface area contributed by atoms with Gasteiger partial charge < -0.3 is 26.4 Å². The molecule has 1 aliphatic heterocycles. The van der Waals surface area contributed by atoms with Gasteiger partial charge in [0.25, 0.3) is 0 Å². The summed E-state index contributed by atoms with van der Waals surface area (Å²) in [5.41, 5.74) is 14.6. The lowest BCUT2D eigenvalue weighted by molar-refractivity contribution is 0.0697. The van der Waals surface area contributed by atoms with E-state index in [-0.39, 0.29) is 28.0 Å². The van der Waals surface area contributed by atoms with Gasteiger partial charge in [-0.15, -0.1) is 12.4 Å². The molecule has 1 aliphatic rings. The molecule has 1 aromatic carbocycles. The molecule has 0 bridgehead atoms. The minimum absolute atomic E-state index is 0. The standard InChI is InChI=1S/C16H19IN6O2.ClH/c1-9-13(14(18)21-16(19)20-9)22-6-7-23(12(17)8-22)11-4-2-10(3-5-11)15(24)25;/h2-5,12H,6-8H2,1H3,(H,24,25)(H4,18,19,20,21);1H. The number of aryl methyl sites for hydroxylation is 1. The van der Waals surface area contributed by atoms with Gasteiger partial charge in [0.2, 0.25) is 5.95 Å². The highest BCUT2D eigenvalue weighted by atomic mass is 127. The van der Waals surface area contributed by atoms with Crippen LogP contribution >= 0.6 is 35.0 Å². The number of carbonyl (C=O) groups is 1. The molecule has 0 aliphatic carbocycles. The van der Waals surface area contributed by atoms with Crippen molar-refractivity contribution in [3.05, 3.63) is 35.5 Å². The number of nitrogen functional groups attached to an aromatic ring is 2. The quantitative estimate of drug-likeness (QED) is 0.340. The monoisotopic (exact) mass is 490 g/mol. The van der Waals surface area contributed by atoms with Crippen LogP contribution in [-0.2, 0) is 0 Å². The lowest BCUT2D eigenvalue weighted by Gasteiger charge is -2.41. The first-order chi connectivity index (χ1) is 11.9. The van der Waals surface area contributed by atoms with E-state index in [0.29, 0.717) is 5.82 Å². The van der Waals surface area contributed by atoms with Gasteiger partial charge in [0.05, 0.1) is 15.3 Å². The summed E-state index contributed by atoms with van der Waals surface area (Å²) in [6.07, 6.45) is 0. The molecule has 0 spiro atoms. The van der Waals surface area contributed by atoms with Crippen LogP contribution in [0.4, 0.5) is 23.1 Å². The van der Waals surface area contributed by atoms with Gasteiger partial charge in [0, 0.05) is 25.3 Å². The van der Waals surface area contributed by atoms with Gasteiger partial charge in [-0.25, -0.2) is 9.78 Å². The minimum Gasteiger partial charge on any atom is -0.478 e. The van der Waals surface area contributed by atoms with E-state index in [4.69, 9.17) is 16.6 Å². The summed E-state index contributed by atoms with van der Waals surface area (Å²) in [4.78, 5) is 23.7. The SMILES string of the molecule is Cc1nc(N)nc(N)c1N1CCN(c2ccc(C(=O)O)cc2)C(I)C1.Cl. The molecule has 26 heavy (non-hydrogen) atoms. The van der Waals surface area contributed by atoms with Gasteiger partial charge in [0.1, 0.15) is 5.69 Å². The fraction of sp³-hybridized carbons (Fsp3) is 0.312. The third-order valence-corrected chi connectivity index (χ3v) is 5.25. The molecule has 1 atom stereocenters. The van der Waals surface area contributed by atoms with Crippen molar-refractivity contribution >= 4 is 64.1 Å². The maximum absolute atomic E-state index is 11.0. The molecule has 1 saturated heterocycles. The van der Waals surface area contributed by atoms with Crippen LogP contribution in [-0.4, -0.2) is 44.7 Å². The van der Waals surface area contributed by atoms with Crippen LogP contribution in [0, 0.1) is 6.92 Å². The summed E-state index contributed by atoms with van der Waals surface area (Å²) < 4.78 is 0.193. The second kappa shape index (κ2) is 8.12. The van der Waals surface area contributed by atoms with Crippen molar-refractivity contribution in [1.82, 2.24) is 9.97 Å². The van der Waals surface area contributed by atoms with Gasteiger partial charge in [-0.05, 0) is 31.2 Å². The number of carboxylic acids is 1. The van der Waals surface area contributed by atoms with Crippen molar-refractivity contribution in [3.8, 4) is 0 Å². The third-order valence-electron chi connectivity index (χ3n) is 4.18. The number of alkyl halides is 1. The Kier molecular flexibility index (Phi) is 6.34. The second-order valence-corrected chi connectivity index (χ2v) is 7.26. The summed E-state index contributed by atoms with van der Waals surface area (Å²) in [7, 11) is 0. The van der Waals surface area contributed by atoms with Crippen LogP contribution in [0.3, 0.4) is 0 Å². The summed E-state index contributed by atoms with van der Waals surface area (Å²) in [6, 6.07) is 6.94. The summed E-state index contributed by atoms with van der Waals surface area (Å²) in [5.74, 6) is -0.341. The Morgan fingerprint density at radius 1 is 1.23 bits per heavy atom. The Morgan fingerprint density at radius 3 is 2.42 bits per heavy atom. The number of hydrogen-bond donors (Lipinski definition) is 3. The highest BCUT2D eigenvalue weighted by molar-refractivity contribution is 14.1. The number of nitrogens with two attached hydrogens (primary N) is 2. The predicted octanol–water partition coefficient (Wildman–Crippen LogP) is 2.16. The van der Waals surface area contributed by atoms with Crippen LogP contribution in [0.2, 0.25) is 0 Å². The first-order valence-electron chi connectivity index (χ1n) is 7.75. The Bertz CT molecular complexity index is 781. The summed E-state index contributed by atoms with van der Waals surface area (Å²) >= 11 is 2.38. The largest absolute Gasteiger partial charge is 0.478 e. The highest BCUT2D eigenvalue weighted by Gasteiger charge is 2.28. The van der Waals surface area contributed by atoms with Crippen LogP contribution < -0.4 is 21.3 Å². The van der Waals surface area contributed by atoms with Crippen molar-refractivity contribution in [2.75, 3.05) is 40.9 Å². The molecule has 2 heterocycles. The topological polar surface area (TPSA) is 122 Å². The van der Waals surface area contributed by atoms with Crippen molar-refractivity contribution in [2.24, 2.45) is 0 Å². The van der Waals surface area contributed by atoms with Crippen molar-refractivity contribution in [2.45, 2.75) is 11.0 Å². The van der Waals surface area contributed by atoms with Crippen molar-refractivity contribution < 1.29 is 9.90 Å². The van der Waals surface area contributed by atoms with E-state index in [1.165, 1.54) is 0 Å². The number of hydrogen-bond acceptors (Lipinski definition) is 7. The Labute approximate surface area is 171 Å². The molecule has 1 unspecified atom stereocenters. The summed E-state index contributed by atoms with van der Waals surface area (Å²) in [5, 5.41) is 9.02. The number of aromatic nitrogens is 2. The average Bonchev–Trinajstić information content (AvgIpc) is 2.54. The fourth-order valence-corrected chi connectivity index (χ4v) is 4.11. The van der Waals surface area contributed by atoms with Gasteiger partial charge in [-0.1, -0.05) is 22.6 Å². The molecule has 2 aromatic rings. The fourth-order valence-electron chi connectivity index (χ4n) is 3.03. The first kappa shape index (κ1) is 20.3. The Balaban J connectivity index is 0.00000243. The maximum atomic E-state index is 11.0. The van der Waals surface area contributed by atoms with Gasteiger partial charge in [0.15, 0.2) is 5.82 Å². The Morgan fingerprint density at radius 2 is 1.88 bits per heavy atom. The van der Waals surface area contributed by atoms with E-state index < -0.39 is 5.97 Å². The third kappa shape index (κ3) is 4.04. The molecule has 5 N–H and O–H groups in total. The van der Waals surface area contributed by atoms with Gasteiger partial charge >= 0.3 is 5.97 Å². The molecule has 140 valence electrons. The molecule has 1 aromatic heterocycles. The number of halogens is 2. The van der Waals surface area contributed by atoms with E-state index in [9.17, 15) is 4.79 Å². The maximum Gasteiger partial charge on any atom is 0.335 e. The summed E-state index contributed by atoms with van der Waals surface area (Å²) in [6.45, 7) is 4.17. The lowest BCUT2D eigenvalue weighted by atomic mass is 10.1. The van der Waals surface area contributed by atoms with E-state index in [0.717, 1.165) is 36.7 Å². The van der Waals surface area contributed by atoms with Crippen LogP contribution in [0.15, 0.2) is 24.3 Å². The molecule has 1 fully saturated rings. The van der Waals surface area contributed by atoms with Crippen molar-refractivity contribution in [1.29, 1.82) is 0 Å². The van der Waals surface area contributed by atoms with E-state index in [2.05, 4.69) is 42.4 Å². The lowest BCUT2D eigenvalue weighted by Crippen LogP contribution is -2.51. The number of anilines is 4. The van der Waals surface area contributed by atoms with E-state index in [1.54, 1.807) is 12.1 Å². The molecular weight excluding hydrogens is 471 g/mol. The number of piperazine rings is 1. The number of aromatic carboxylic acids is 1. The molecule has 8 nitrogen and oxygen atoms in total. The van der Waals surface area contributed by atoms with Crippen molar-refractivity contribution in [3.63, 3.8) is 0 Å². The number of nitrogens with zero attached hydrogens (tertiary/aromatic N) is 4. The zero-order chi connectivity index (χ0) is 18.1. The van der Waals surface area contributed by atoms with E-state index >= 15 is 0 Å². The molecule has 0 amide bonds. The molecule has 3 rings (SSSR count). The first-order valence-corrected chi connectivity index (χ1v) is 9.00. The molecule has 0 radical (unpaired) electrons. The average molecular weight is 491 g/mol. The van der Waals surface area contributed by atoms with Crippen LogP contribution in [0.5, 0.6) is 0 Å². The Hall–Kier alpha value is -2.01.